The van der Waals surface area contributed by atoms with E-state index in [9.17, 15) is 13.2 Å². The van der Waals surface area contributed by atoms with Gasteiger partial charge in [0, 0.05) is 18.7 Å². The van der Waals surface area contributed by atoms with Crippen LogP contribution in [0, 0.1) is 0 Å². The summed E-state index contributed by atoms with van der Waals surface area (Å²) in [6.45, 7) is 1.37. The maximum Gasteiger partial charge on any atom is 0.263 e. The number of amides is 1. The van der Waals surface area contributed by atoms with E-state index in [1.165, 1.54) is 43.5 Å². The average molecular weight is 281 g/mol. The van der Waals surface area contributed by atoms with Gasteiger partial charge in [-0.15, -0.1) is 0 Å². The Balaban J connectivity index is 2.19. The Hall–Kier alpha value is -2.35. The highest BCUT2D eigenvalue weighted by molar-refractivity contribution is 7.92. The molecule has 0 aliphatic heterocycles. The second-order valence-corrected chi connectivity index (χ2v) is 5.38. The Morgan fingerprint density at radius 1 is 1.21 bits per heavy atom. The molecule has 19 heavy (non-hydrogen) atoms. The number of aromatic nitrogens is 1. The Bertz CT molecular complexity index is 662. The van der Waals surface area contributed by atoms with Crippen LogP contribution in [-0.4, -0.2) is 19.5 Å². The predicted octanol–water partition coefficient (Wildman–Crippen LogP) is 1.43. The van der Waals surface area contributed by atoms with Crippen LogP contribution in [0.1, 0.15) is 6.92 Å². The fourth-order valence-electron chi connectivity index (χ4n) is 1.38. The Kier molecular flexibility index (Phi) is 3.52. The standard InChI is InChI=1S/C11H11N3O4S/c1-8(15)12-9-2-4-10(5-3-9)19(16,17)14-11-6-7-18-13-11/h2-7H,1H3,(H,12,15)(H,13,14). The first-order valence-corrected chi connectivity index (χ1v) is 6.76. The van der Waals surface area contributed by atoms with Gasteiger partial charge < -0.3 is 9.84 Å². The molecule has 2 aromatic rings. The highest BCUT2D eigenvalue weighted by Crippen LogP contribution is 2.17. The molecule has 1 aromatic heterocycles. The summed E-state index contributed by atoms with van der Waals surface area (Å²) in [5, 5.41) is 6.01. The van der Waals surface area contributed by atoms with Crippen molar-refractivity contribution < 1.29 is 17.7 Å². The number of benzene rings is 1. The normalized spacial score (nSPS) is 11.0. The van der Waals surface area contributed by atoms with Gasteiger partial charge in [-0.25, -0.2) is 8.42 Å². The number of rotatable bonds is 4. The number of carbonyl (C=O) groups excluding carboxylic acids is 1. The van der Waals surface area contributed by atoms with Crippen molar-refractivity contribution in [2.45, 2.75) is 11.8 Å². The van der Waals surface area contributed by atoms with Gasteiger partial charge in [-0.3, -0.25) is 9.52 Å². The van der Waals surface area contributed by atoms with Gasteiger partial charge in [0.05, 0.1) is 4.90 Å². The van der Waals surface area contributed by atoms with E-state index >= 15 is 0 Å². The molecule has 7 nitrogen and oxygen atoms in total. The second kappa shape index (κ2) is 5.11. The highest BCUT2D eigenvalue weighted by Gasteiger charge is 2.15. The first-order valence-electron chi connectivity index (χ1n) is 5.28. The molecule has 0 unspecified atom stereocenters. The van der Waals surface area contributed by atoms with E-state index < -0.39 is 10.0 Å². The zero-order valence-electron chi connectivity index (χ0n) is 9.95. The minimum absolute atomic E-state index is 0.0598. The number of hydrogen-bond donors (Lipinski definition) is 2. The van der Waals surface area contributed by atoms with Crippen LogP contribution in [0.2, 0.25) is 0 Å². The summed E-state index contributed by atoms with van der Waals surface area (Å²) in [4.78, 5) is 10.9. The van der Waals surface area contributed by atoms with E-state index in [4.69, 9.17) is 0 Å². The monoisotopic (exact) mass is 281 g/mol. The minimum Gasteiger partial charge on any atom is -0.363 e. The predicted molar refractivity (Wildman–Crippen MR) is 68.1 cm³/mol. The molecule has 0 fully saturated rings. The third-order valence-corrected chi connectivity index (χ3v) is 3.53. The molecular weight excluding hydrogens is 270 g/mol. The van der Waals surface area contributed by atoms with Crippen LogP contribution in [0.3, 0.4) is 0 Å². The van der Waals surface area contributed by atoms with E-state index in [0.29, 0.717) is 5.69 Å². The van der Waals surface area contributed by atoms with E-state index in [1.807, 2.05) is 0 Å². The Morgan fingerprint density at radius 3 is 2.42 bits per heavy atom. The summed E-state index contributed by atoms with van der Waals surface area (Å²) in [7, 11) is -3.71. The molecule has 0 aliphatic carbocycles. The largest absolute Gasteiger partial charge is 0.363 e. The topological polar surface area (TPSA) is 101 Å². The second-order valence-electron chi connectivity index (χ2n) is 3.70. The molecule has 2 rings (SSSR count). The van der Waals surface area contributed by atoms with Crippen LogP contribution >= 0.6 is 0 Å². The lowest BCUT2D eigenvalue weighted by atomic mass is 10.3. The third kappa shape index (κ3) is 3.32. The van der Waals surface area contributed by atoms with Crippen molar-refractivity contribution in [3.8, 4) is 0 Å². The summed E-state index contributed by atoms with van der Waals surface area (Å²) < 4.78 is 30.7. The maximum absolute atomic E-state index is 12.0. The van der Waals surface area contributed by atoms with Crippen LogP contribution in [0.25, 0.3) is 0 Å². The van der Waals surface area contributed by atoms with Crippen molar-refractivity contribution in [2.24, 2.45) is 0 Å². The summed E-state index contributed by atoms with van der Waals surface area (Å²) in [6, 6.07) is 7.15. The molecule has 1 aromatic carbocycles. The van der Waals surface area contributed by atoms with Crippen molar-refractivity contribution in [3.05, 3.63) is 36.6 Å². The van der Waals surface area contributed by atoms with Gasteiger partial charge in [-0.2, -0.15) is 0 Å². The fraction of sp³-hybridized carbons (Fsp3) is 0.0909. The average Bonchev–Trinajstić information content (AvgIpc) is 2.81. The van der Waals surface area contributed by atoms with E-state index in [-0.39, 0.29) is 16.6 Å². The maximum atomic E-state index is 12.0. The van der Waals surface area contributed by atoms with Gasteiger partial charge in [0.1, 0.15) is 6.26 Å². The van der Waals surface area contributed by atoms with Crippen LogP contribution < -0.4 is 10.0 Å². The van der Waals surface area contributed by atoms with Crippen molar-refractivity contribution in [2.75, 3.05) is 10.0 Å². The molecule has 1 amide bonds. The summed E-state index contributed by atoms with van der Waals surface area (Å²) in [5.41, 5.74) is 0.521. The lowest BCUT2D eigenvalue weighted by Crippen LogP contribution is -2.13. The fourth-order valence-corrected chi connectivity index (χ4v) is 2.38. The Morgan fingerprint density at radius 2 is 1.89 bits per heavy atom. The number of anilines is 2. The minimum atomic E-state index is -3.71. The smallest absolute Gasteiger partial charge is 0.263 e. The van der Waals surface area contributed by atoms with Crippen molar-refractivity contribution >= 4 is 27.4 Å². The van der Waals surface area contributed by atoms with Crippen molar-refractivity contribution in [1.29, 1.82) is 0 Å². The molecular formula is C11H11N3O4S. The van der Waals surface area contributed by atoms with E-state index in [2.05, 4.69) is 19.7 Å². The van der Waals surface area contributed by atoms with Gasteiger partial charge in [0.25, 0.3) is 10.0 Å². The molecule has 8 heteroatoms. The van der Waals surface area contributed by atoms with Crippen molar-refractivity contribution in [1.82, 2.24) is 5.16 Å². The van der Waals surface area contributed by atoms with Crippen LogP contribution in [0.15, 0.2) is 46.0 Å². The molecule has 0 atom stereocenters. The molecule has 100 valence electrons. The number of sulfonamides is 1. The zero-order valence-corrected chi connectivity index (χ0v) is 10.8. The summed E-state index contributed by atoms with van der Waals surface area (Å²) in [6.07, 6.45) is 1.26. The number of nitrogens with zero attached hydrogens (tertiary/aromatic N) is 1. The first-order chi connectivity index (χ1) is 8.97. The molecule has 0 saturated heterocycles. The summed E-state index contributed by atoms with van der Waals surface area (Å²) in [5.74, 6) is -0.123. The van der Waals surface area contributed by atoms with E-state index in [1.54, 1.807) is 0 Å². The number of nitrogens with one attached hydrogen (secondary N) is 2. The molecule has 2 N–H and O–H groups in total. The molecule has 0 bridgehead atoms. The lowest BCUT2D eigenvalue weighted by molar-refractivity contribution is -0.114. The summed E-state index contributed by atoms with van der Waals surface area (Å²) >= 11 is 0. The van der Waals surface area contributed by atoms with Gasteiger partial charge in [0.15, 0.2) is 5.82 Å². The van der Waals surface area contributed by atoms with Crippen molar-refractivity contribution in [3.63, 3.8) is 0 Å². The molecule has 0 radical (unpaired) electrons. The quantitative estimate of drug-likeness (QED) is 0.882. The molecule has 0 saturated carbocycles. The number of carbonyl (C=O) groups is 1. The van der Waals surface area contributed by atoms with Gasteiger partial charge >= 0.3 is 0 Å². The lowest BCUT2D eigenvalue weighted by Gasteiger charge is -2.06. The van der Waals surface area contributed by atoms with Gasteiger partial charge in [-0.1, -0.05) is 5.16 Å². The zero-order chi connectivity index (χ0) is 13.9. The molecule has 1 heterocycles. The van der Waals surface area contributed by atoms with Gasteiger partial charge in [-0.05, 0) is 24.3 Å². The van der Waals surface area contributed by atoms with Crippen LogP contribution in [0.4, 0.5) is 11.5 Å². The molecule has 0 spiro atoms. The molecule has 0 aliphatic rings. The van der Waals surface area contributed by atoms with Crippen LogP contribution in [-0.2, 0) is 14.8 Å². The van der Waals surface area contributed by atoms with Crippen LogP contribution in [0.5, 0.6) is 0 Å². The Labute approximate surface area is 109 Å². The SMILES string of the molecule is CC(=O)Nc1ccc(S(=O)(=O)Nc2ccon2)cc1. The van der Waals surface area contributed by atoms with E-state index in [0.717, 1.165) is 0 Å². The third-order valence-electron chi connectivity index (χ3n) is 2.16. The highest BCUT2D eigenvalue weighted by atomic mass is 32.2. The van der Waals surface area contributed by atoms with Gasteiger partial charge in [0.2, 0.25) is 5.91 Å². The first kappa shape index (κ1) is 13.1. The number of hydrogen-bond acceptors (Lipinski definition) is 5.